The summed E-state index contributed by atoms with van der Waals surface area (Å²) in [5, 5.41) is 3.05. The van der Waals surface area contributed by atoms with E-state index < -0.39 is 0 Å². The van der Waals surface area contributed by atoms with Crippen LogP contribution < -0.4 is 10.1 Å². The van der Waals surface area contributed by atoms with Gasteiger partial charge in [-0.15, -0.1) is 0 Å². The number of nitrogens with one attached hydrogen (secondary N) is 1. The van der Waals surface area contributed by atoms with Crippen molar-refractivity contribution in [1.82, 2.24) is 10.2 Å². The van der Waals surface area contributed by atoms with Gasteiger partial charge in [-0.1, -0.05) is 42.5 Å². The van der Waals surface area contributed by atoms with Crippen LogP contribution in [0.25, 0.3) is 0 Å². The van der Waals surface area contributed by atoms with Gasteiger partial charge in [0.2, 0.25) is 0 Å². The number of piperidine rings is 1. The molecular weight excluding hydrogens is 336 g/mol. The fraction of sp³-hybridized carbons (Fsp3) is 0.435. The molecule has 1 heterocycles. The molecule has 0 saturated carbocycles. The molecule has 1 saturated heterocycles. The van der Waals surface area contributed by atoms with Crippen molar-refractivity contribution < 1.29 is 9.53 Å². The van der Waals surface area contributed by atoms with E-state index >= 15 is 0 Å². The van der Waals surface area contributed by atoms with Crippen LogP contribution in [-0.4, -0.2) is 37.0 Å². The smallest absolute Gasteiger partial charge is 0.257 e. The fourth-order valence-electron chi connectivity index (χ4n) is 3.62. The maximum Gasteiger partial charge on any atom is 0.257 e. The third kappa shape index (κ3) is 6.10. The molecule has 4 heteroatoms. The normalized spacial score (nSPS) is 17.5. The number of carbonyl (C=O) groups is 1. The number of hydrogen-bond donors (Lipinski definition) is 1. The monoisotopic (exact) mass is 366 g/mol. The van der Waals surface area contributed by atoms with Gasteiger partial charge in [-0.2, -0.15) is 0 Å². The summed E-state index contributed by atoms with van der Waals surface area (Å²) in [5.41, 5.74) is 3.54. The van der Waals surface area contributed by atoms with E-state index in [1.165, 1.54) is 18.4 Å². The van der Waals surface area contributed by atoms with Crippen LogP contribution >= 0.6 is 0 Å². The summed E-state index contributed by atoms with van der Waals surface area (Å²) in [7, 11) is 0. The van der Waals surface area contributed by atoms with Crippen LogP contribution in [0.4, 0.5) is 0 Å². The van der Waals surface area contributed by atoms with Crippen molar-refractivity contribution in [2.45, 2.75) is 33.2 Å². The molecule has 0 spiro atoms. The molecule has 1 amide bonds. The molecule has 144 valence electrons. The van der Waals surface area contributed by atoms with E-state index in [1.54, 1.807) is 0 Å². The lowest BCUT2D eigenvalue weighted by atomic mass is 9.97. The molecular formula is C23H30N2O2. The van der Waals surface area contributed by atoms with Gasteiger partial charge in [-0.05, 0) is 61.9 Å². The van der Waals surface area contributed by atoms with Crippen molar-refractivity contribution in [2.75, 3.05) is 26.2 Å². The Bertz CT molecular complexity index is 745. The van der Waals surface area contributed by atoms with Crippen molar-refractivity contribution in [2.24, 2.45) is 5.92 Å². The number of likely N-dealkylation sites (tertiary alicyclic amines) is 1. The molecule has 1 fully saturated rings. The molecule has 1 aliphatic rings. The Balaban J connectivity index is 1.41. The minimum atomic E-state index is -0.0453. The van der Waals surface area contributed by atoms with E-state index in [-0.39, 0.29) is 12.5 Å². The predicted molar refractivity (Wildman–Crippen MR) is 109 cm³/mol. The van der Waals surface area contributed by atoms with E-state index in [4.69, 9.17) is 4.74 Å². The summed E-state index contributed by atoms with van der Waals surface area (Å²) in [6.07, 6.45) is 2.36. The average Bonchev–Trinajstić information content (AvgIpc) is 2.68. The maximum atomic E-state index is 12.2. The highest BCUT2D eigenvalue weighted by molar-refractivity contribution is 5.77. The minimum Gasteiger partial charge on any atom is -0.483 e. The average molecular weight is 367 g/mol. The highest BCUT2D eigenvalue weighted by Crippen LogP contribution is 2.19. The molecule has 1 atom stereocenters. The molecule has 3 rings (SSSR count). The van der Waals surface area contributed by atoms with Crippen LogP contribution in [0.3, 0.4) is 0 Å². The highest BCUT2D eigenvalue weighted by Gasteiger charge is 2.20. The number of aryl methyl sites for hydroxylation is 2. The largest absolute Gasteiger partial charge is 0.483 e. The van der Waals surface area contributed by atoms with Gasteiger partial charge in [0.15, 0.2) is 6.61 Å². The second-order valence-electron chi connectivity index (χ2n) is 7.59. The number of ether oxygens (including phenoxy) is 1. The van der Waals surface area contributed by atoms with Crippen molar-refractivity contribution in [1.29, 1.82) is 0 Å². The lowest BCUT2D eigenvalue weighted by Gasteiger charge is -2.32. The van der Waals surface area contributed by atoms with Gasteiger partial charge in [0.05, 0.1) is 0 Å². The first-order valence-electron chi connectivity index (χ1n) is 9.83. The Morgan fingerprint density at radius 1 is 1.19 bits per heavy atom. The number of carbonyl (C=O) groups excluding carboxylic acids is 1. The standard InChI is InChI=1S/C23H30N2O2/c1-18-10-11-19(2)22(13-18)27-17-23(26)24-14-21-9-6-12-25(16-21)15-20-7-4-3-5-8-20/h3-5,7-8,10-11,13,21H,6,9,12,14-17H2,1-2H3,(H,24,26). The zero-order chi connectivity index (χ0) is 19.1. The Morgan fingerprint density at radius 3 is 2.81 bits per heavy atom. The fourth-order valence-corrected chi connectivity index (χ4v) is 3.62. The molecule has 1 unspecified atom stereocenters. The highest BCUT2D eigenvalue weighted by atomic mass is 16.5. The number of nitrogens with zero attached hydrogens (tertiary/aromatic N) is 1. The van der Waals surface area contributed by atoms with E-state index in [9.17, 15) is 4.79 Å². The Morgan fingerprint density at radius 2 is 2.00 bits per heavy atom. The van der Waals surface area contributed by atoms with Crippen LogP contribution in [0.15, 0.2) is 48.5 Å². The number of benzene rings is 2. The van der Waals surface area contributed by atoms with E-state index in [0.29, 0.717) is 5.92 Å². The van der Waals surface area contributed by atoms with Crippen LogP contribution in [0, 0.1) is 19.8 Å². The van der Waals surface area contributed by atoms with Gasteiger partial charge in [-0.3, -0.25) is 9.69 Å². The second kappa shape index (κ2) is 9.56. The molecule has 27 heavy (non-hydrogen) atoms. The third-order valence-electron chi connectivity index (χ3n) is 5.14. The van der Waals surface area contributed by atoms with E-state index in [0.717, 1.165) is 43.1 Å². The van der Waals surface area contributed by atoms with Crippen LogP contribution in [0.5, 0.6) is 5.75 Å². The number of rotatable bonds is 7. The van der Waals surface area contributed by atoms with Gasteiger partial charge in [0.1, 0.15) is 5.75 Å². The zero-order valence-corrected chi connectivity index (χ0v) is 16.4. The Labute approximate surface area is 162 Å². The summed E-state index contributed by atoms with van der Waals surface area (Å²) < 4.78 is 5.70. The maximum absolute atomic E-state index is 12.2. The topological polar surface area (TPSA) is 41.6 Å². The van der Waals surface area contributed by atoms with Gasteiger partial charge in [-0.25, -0.2) is 0 Å². The third-order valence-corrected chi connectivity index (χ3v) is 5.14. The van der Waals surface area contributed by atoms with Gasteiger partial charge >= 0.3 is 0 Å². The predicted octanol–water partition coefficient (Wildman–Crippen LogP) is 3.71. The SMILES string of the molecule is Cc1ccc(C)c(OCC(=O)NCC2CCCN(Cc3ccccc3)C2)c1. The summed E-state index contributed by atoms with van der Waals surface area (Å²) in [5.74, 6) is 1.25. The molecule has 1 N–H and O–H groups in total. The zero-order valence-electron chi connectivity index (χ0n) is 16.4. The first kappa shape index (κ1) is 19.4. The van der Waals surface area contributed by atoms with E-state index in [1.807, 2.05) is 32.0 Å². The van der Waals surface area contributed by atoms with Crippen molar-refractivity contribution in [3.05, 3.63) is 65.2 Å². The van der Waals surface area contributed by atoms with Gasteiger partial charge < -0.3 is 10.1 Å². The molecule has 2 aromatic carbocycles. The molecule has 0 bridgehead atoms. The molecule has 0 aromatic heterocycles. The van der Waals surface area contributed by atoms with Crippen LogP contribution in [0.1, 0.15) is 29.5 Å². The number of amides is 1. The second-order valence-corrected chi connectivity index (χ2v) is 7.59. The molecule has 2 aromatic rings. The summed E-state index contributed by atoms with van der Waals surface area (Å²) in [4.78, 5) is 14.7. The first-order chi connectivity index (χ1) is 13.1. The van der Waals surface area contributed by atoms with Crippen LogP contribution in [0.2, 0.25) is 0 Å². The molecule has 4 nitrogen and oxygen atoms in total. The molecule has 1 aliphatic heterocycles. The Hall–Kier alpha value is -2.33. The lowest BCUT2D eigenvalue weighted by Crippen LogP contribution is -2.41. The van der Waals surface area contributed by atoms with Crippen LogP contribution in [-0.2, 0) is 11.3 Å². The lowest BCUT2D eigenvalue weighted by molar-refractivity contribution is -0.123. The van der Waals surface area contributed by atoms with Crippen molar-refractivity contribution >= 4 is 5.91 Å². The molecule has 0 radical (unpaired) electrons. The summed E-state index contributed by atoms with van der Waals surface area (Å²) >= 11 is 0. The van der Waals surface area contributed by atoms with Crippen molar-refractivity contribution in [3.8, 4) is 5.75 Å². The first-order valence-corrected chi connectivity index (χ1v) is 9.83. The summed E-state index contributed by atoms with van der Waals surface area (Å²) in [6, 6.07) is 16.6. The summed E-state index contributed by atoms with van der Waals surface area (Å²) in [6.45, 7) is 7.97. The minimum absolute atomic E-state index is 0.0453. The quantitative estimate of drug-likeness (QED) is 0.812. The van der Waals surface area contributed by atoms with Gasteiger partial charge in [0.25, 0.3) is 5.91 Å². The Kier molecular flexibility index (Phi) is 6.88. The van der Waals surface area contributed by atoms with Gasteiger partial charge in [0, 0.05) is 19.6 Å². The molecule has 0 aliphatic carbocycles. The number of hydrogen-bond acceptors (Lipinski definition) is 3. The van der Waals surface area contributed by atoms with E-state index in [2.05, 4.69) is 40.5 Å². The van der Waals surface area contributed by atoms with Crippen molar-refractivity contribution in [3.63, 3.8) is 0 Å².